The molecule has 0 aliphatic carbocycles. The van der Waals surface area contributed by atoms with Crippen LogP contribution in [0.15, 0.2) is 30.3 Å². The molecule has 0 heterocycles. The molecule has 0 unspecified atom stereocenters. The van der Waals surface area contributed by atoms with E-state index in [4.69, 9.17) is 13.4 Å². The van der Waals surface area contributed by atoms with Gasteiger partial charge < -0.3 is 0 Å². The van der Waals surface area contributed by atoms with E-state index >= 15 is 0 Å². The van der Waals surface area contributed by atoms with Crippen LogP contribution in [0.2, 0.25) is 17.7 Å². The molecule has 1 rings (SSSR count). The Hall–Kier alpha value is 0.867. The number of hydrogen-bond acceptors (Lipinski definition) is 2. The summed E-state index contributed by atoms with van der Waals surface area (Å²) in [4.78, 5) is 0. The number of halogens is 1. The van der Waals surface area contributed by atoms with Gasteiger partial charge in [0, 0.05) is 0 Å². The minimum atomic E-state index is -3.28. The molecular formula is C22H41ClO2Sn2. The predicted octanol–water partition coefficient (Wildman–Crippen LogP) is 8.41. The number of hydrogen-bond donors (Lipinski definition) is 0. The molecule has 0 atom stereocenters. The van der Waals surface area contributed by atoms with Gasteiger partial charge in [-0.1, -0.05) is 0 Å². The van der Waals surface area contributed by atoms with E-state index in [1.54, 1.807) is 0 Å². The van der Waals surface area contributed by atoms with E-state index < -0.39 is 36.9 Å². The molecule has 156 valence electrons. The van der Waals surface area contributed by atoms with Crippen molar-refractivity contribution in [3.8, 4) is 5.75 Å². The summed E-state index contributed by atoms with van der Waals surface area (Å²) in [6.07, 6.45) is 9.61. The molecule has 0 fully saturated rings. The van der Waals surface area contributed by atoms with Gasteiger partial charge in [-0.05, 0) is 0 Å². The Bertz CT molecular complexity index is 468. The third-order valence-corrected chi connectivity index (χ3v) is 41.7. The topological polar surface area (TPSA) is 18.5 Å². The summed E-state index contributed by atoms with van der Waals surface area (Å²) in [5, 5.41) is 0. The summed E-state index contributed by atoms with van der Waals surface area (Å²) in [6.45, 7) is 9.05. The van der Waals surface area contributed by atoms with Crippen molar-refractivity contribution < 1.29 is 4.49 Å². The normalized spacial score (nSPS) is 12.3. The van der Waals surface area contributed by atoms with Crippen LogP contribution in [-0.4, -0.2) is 36.9 Å². The third-order valence-electron chi connectivity index (χ3n) is 5.05. The average Bonchev–Trinajstić information content (AvgIpc) is 2.68. The Kier molecular flexibility index (Phi) is 14.2. The van der Waals surface area contributed by atoms with Crippen LogP contribution in [0.3, 0.4) is 0 Å². The van der Waals surface area contributed by atoms with Gasteiger partial charge in [-0.25, -0.2) is 0 Å². The van der Waals surface area contributed by atoms with Gasteiger partial charge in [-0.15, -0.1) is 0 Å². The quantitative estimate of drug-likeness (QED) is 0.175. The van der Waals surface area contributed by atoms with Gasteiger partial charge in [0.1, 0.15) is 0 Å². The maximum atomic E-state index is 7.37. The fraction of sp³-hybridized carbons (Fsp3) is 0.727. The van der Waals surface area contributed by atoms with E-state index in [2.05, 4.69) is 58.0 Å². The Labute approximate surface area is 181 Å². The number of unbranched alkanes of at least 4 members (excludes halogenated alkanes) is 4. The van der Waals surface area contributed by atoms with Crippen molar-refractivity contribution in [2.75, 3.05) is 0 Å². The van der Waals surface area contributed by atoms with Gasteiger partial charge >= 0.3 is 183 Å². The van der Waals surface area contributed by atoms with Gasteiger partial charge in [0.2, 0.25) is 0 Å². The summed E-state index contributed by atoms with van der Waals surface area (Å²) < 4.78 is 18.6. The number of rotatable bonds is 16. The van der Waals surface area contributed by atoms with Crippen molar-refractivity contribution in [2.24, 2.45) is 0 Å². The zero-order valence-corrected chi connectivity index (χ0v) is 24.5. The maximum absolute atomic E-state index is 7.37. The molecule has 0 spiro atoms. The minimum absolute atomic E-state index is 0.997. The van der Waals surface area contributed by atoms with Gasteiger partial charge in [-0.3, -0.25) is 0 Å². The van der Waals surface area contributed by atoms with Crippen molar-refractivity contribution in [1.29, 1.82) is 0 Å². The van der Waals surface area contributed by atoms with Crippen LogP contribution in [0.1, 0.15) is 79.1 Å². The van der Waals surface area contributed by atoms with Crippen molar-refractivity contribution in [1.82, 2.24) is 0 Å². The van der Waals surface area contributed by atoms with Crippen molar-refractivity contribution in [2.45, 2.75) is 96.8 Å². The second-order valence-electron chi connectivity index (χ2n) is 7.73. The molecule has 0 N–H and O–H groups in total. The number of benzene rings is 1. The zero-order valence-electron chi connectivity index (χ0n) is 18.1. The van der Waals surface area contributed by atoms with Crippen molar-refractivity contribution in [3.05, 3.63) is 30.3 Å². The standard InChI is InChI=1S/C6H6O.4C4H9.ClH.O.2Sn/c7-6-4-2-1-3-5-6;4*1-3-4-2;;;;/h1-5,7H;4*1,3-4H2,2H3;1H;;;/q;;;;;;;2*+1/p-2. The molecule has 0 aliphatic heterocycles. The van der Waals surface area contributed by atoms with Crippen LogP contribution in [0, 0.1) is 0 Å². The molecule has 0 amide bonds. The Morgan fingerprint density at radius 2 is 1.15 bits per heavy atom. The molecule has 1 aromatic carbocycles. The molecule has 2 nitrogen and oxygen atoms in total. The average molecular weight is 610 g/mol. The Morgan fingerprint density at radius 3 is 1.59 bits per heavy atom. The van der Waals surface area contributed by atoms with Crippen LogP contribution < -0.4 is 3.07 Å². The van der Waals surface area contributed by atoms with Crippen LogP contribution in [0.25, 0.3) is 0 Å². The van der Waals surface area contributed by atoms with Crippen molar-refractivity contribution >= 4 is 45.8 Å². The van der Waals surface area contributed by atoms with Crippen LogP contribution in [0.5, 0.6) is 5.75 Å². The van der Waals surface area contributed by atoms with E-state index in [1.165, 1.54) is 51.4 Å². The van der Waals surface area contributed by atoms with Gasteiger partial charge in [-0.2, -0.15) is 0 Å². The molecule has 0 radical (unpaired) electrons. The molecule has 5 heteroatoms. The van der Waals surface area contributed by atoms with Crippen LogP contribution >= 0.6 is 8.92 Å². The molecule has 1 aromatic rings. The zero-order chi connectivity index (χ0) is 20.0. The molecular weight excluding hydrogens is 569 g/mol. The van der Waals surface area contributed by atoms with Crippen LogP contribution in [0.4, 0.5) is 0 Å². The van der Waals surface area contributed by atoms with Crippen molar-refractivity contribution in [3.63, 3.8) is 0 Å². The summed E-state index contributed by atoms with van der Waals surface area (Å²) in [5.41, 5.74) is 0. The molecule has 0 bridgehead atoms. The van der Waals surface area contributed by atoms with Gasteiger partial charge in [0.25, 0.3) is 0 Å². The summed E-state index contributed by atoms with van der Waals surface area (Å²) in [5.74, 6) is 0.997. The number of para-hydroxylation sites is 1. The summed E-state index contributed by atoms with van der Waals surface area (Å²) in [6, 6.07) is 10.4. The van der Waals surface area contributed by atoms with Gasteiger partial charge in [0.05, 0.1) is 0 Å². The first kappa shape index (κ1) is 25.9. The summed E-state index contributed by atoms with van der Waals surface area (Å²) >= 11 is -6.38. The van der Waals surface area contributed by atoms with E-state index in [9.17, 15) is 0 Å². The third kappa shape index (κ3) is 10.5. The van der Waals surface area contributed by atoms with E-state index in [0.29, 0.717) is 0 Å². The van der Waals surface area contributed by atoms with E-state index in [0.717, 1.165) is 23.5 Å². The second-order valence-corrected chi connectivity index (χ2v) is 33.4. The molecule has 0 aromatic heterocycles. The first-order valence-electron chi connectivity index (χ1n) is 11.2. The molecule has 0 saturated heterocycles. The molecule has 0 aliphatic rings. The SMILES string of the molecule is CCC[CH2][Sn]([Cl])([CH2]CCC)[O][Sn]([CH2]CCC)([CH2]CCC)[O]c1ccccc1. The first-order valence-corrected chi connectivity index (χ1v) is 26.3. The van der Waals surface area contributed by atoms with E-state index in [1.807, 2.05) is 0 Å². The second kappa shape index (κ2) is 14.8. The summed E-state index contributed by atoms with van der Waals surface area (Å²) in [7, 11) is 7.37. The fourth-order valence-electron chi connectivity index (χ4n) is 3.39. The fourth-order valence-corrected chi connectivity index (χ4v) is 49.8. The molecule has 27 heavy (non-hydrogen) atoms. The van der Waals surface area contributed by atoms with Gasteiger partial charge in [0.15, 0.2) is 0 Å². The Morgan fingerprint density at radius 1 is 0.704 bits per heavy atom. The Balaban J connectivity index is 3.12. The van der Waals surface area contributed by atoms with Crippen LogP contribution in [-0.2, 0) is 1.41 Å². The monoisotopic (exact) mass is 612 g/mol. The first-order chi connectivity index (χ1) is 13.0. The van der Waals surface area contributed by atoms with E-state index in [-0.39, 0.29) is 0 Å². The molecule has 0 saturated carbocycles. The predicted molar refractivity (Wildman–Crippen MR) is 124 cm³/mol.